The highest BCUT2D eigenvalue weighted by atomic mass is 16.7. The first-order chi connectivity index (χ1) is 8.63. The van der Waals surface area contributed by atoms with E-state index in [2.05, 4.69) is 25.6 Å². The Hall–Kier alpha value is -0.990. The number of hydrogen-bond donors (Lipinski definition) is 0. The van der Waals surface area contributed by atoms with Crippen LogP contribution in [0.5, 0.6) is 0 Å². The lowest BCUT2D eigenvalue weighted by Crippen LogP contribution is -2.38. The Bertz CT molecular complexity index is 384. The molecule has 18 heavy (non-hydrogen) atoms. The molecule has 0 aromatic rings. The second kappa shape index (κ2) is 4.29. The van der Waals surface area contributed by atoms with Gasteiger partial charge in [0.15, 0.2) is 0 Å². The Balaban J connectivity index is 1.71. The molecule has 100 valence electrons. The molecule has 2 aliphatic carbocycles. The fraction of sp³-hybridized carbons (Fsp3) is 0.800. The molecule has 3 heteroatoms. The third kappa shape index (κ3) is 1.84. The molecule has 0 aromatic heterocycles. The monoisotopic (exact) mass is 249 g/mol. The molecule has 3 aliphatic rings. The standard InChI is InChI=1S/C15H23NO2/c1-10(2)14-13-5-4-8-15(13,18-16-14)11(3)17-9-12-6-7-12/h10,12-13H,3-9H2,1-2H3. The minimum Gasteiger partial charge on any atom is -0.494 e. The summed E-state index contributed by atoms with van der Waals surface area (Å²) in [4.78, 5) is 5.82. The molecule has 0 amide bonds. The molecule has 0 radical (unpaired) electrons. The highest BCUT2D eigenvalue weighted by Crippen LogP contribution is 2.49. The van der Waals surface area contributed by atoms with Gasteiger partial charge in [-0.2, -0.15) is 0 Å². The van der Waals surface area contributed by atoms with Gasteiger partial charge in [-0.15, -0.1) is 0 Å². The predicted octanol–water partition coefficient (Wildman–Crippen LogP) is 3.51. The van der Waals surface area contributed by atoms with E-state index in [-0.39, 0.29) is 5.60 Å². The third-order valence-corrected chi connectivity index (χ3v) is 4.53. The summed E-state index contributed by atoms with van der Waals surface area (Å²) in [5.41, 5.74) is 0.859. The van der Waals surface area contributed by atoms with Gasteiger partial charge in [-0.25, -0.2) is 0 Å². The number of fused-ring (bicyclic) bond motifs is 1. The summed E-state index contributed by atoms with van der Waals surface area (Å²) in [6.07, 6.45) is 5.95. The normalized spacial score (nSPS) is 34.2. The number of rotatable bonds is 5. The highest BCUT2D eigenvalue weighted by molar-refractivity contribution is 5.91. The van der Waals surface area contributed by atoms with Crippen molar-refractivity contribution in [2.24, 2.45) is 22.9 Å². The van der Waals surface area contributed by atoms with Crippen molar-refractivity contribution in [3.8, 4) is 0 Å². The van der Waals surface area contributed by atoms with E-state index in [1.54, 1.807) is 0 Å². The van der Waals surface area contributed by atoms with E-state index in [0.717, 1.165) is 31.1 Å². The van der Waals surface area contributed by atoms with Crippen LogP contribution in [0.25, 0.3) is 0 Å². The molecule has 0 saturated heterocycles. The van der Waals surface area contributed by atoms with Crippen LogP contribution in [0.3, 0.4) is 0 Å². The largest absolute Gasteiger partial charge is 0.494 e. The molecule has 2 atom stereocenters. The summed E-state index contributed by atoms with van der Waals surface area (Å²) >= 11 is 0. The Kier molecular flexibility index (Phi) is 2.87. The smallest absolute Gasteiger partial charge is 0.201 e. The molecule has 1 aliphatic heterocycles. The summed E-state index contributed by atoms with van der Waals surface area (Å²) in [6, 6.07) is 0. The zero-order valence-corrected chi connectivity index (χ0v) is 11.4. The third-order valence-electron chi connectivity index (χ3n) is 4.53. The van der Waals surface area contributed by atoms with Crippen molar-refractivity contribution in [3.05, 3.63) is 12.3 Å². The predicted molar refractivity (Wildman–Crippen MR) is 71.2 cm³/mol. The van der Waals surface area contributed by atoms with Crippen LogP contribution in [-0.4, -0.2) is 17.9 Å². The average Bonchev–Trinajstić information content (AvgIpc) is 2.93. The minimum absolute atomic E-state index is 0.339. The van der Waals surface area contributed by atoms with Crippen LogP contribution in [0.15, 0.2) is 17.5 Å². The summed E-state index contributed by atoms with van der Waals surface area (Å²) in [5.74, 6) is 2.41. The molecule has 0 N–H and O–H groups in total. The van der Waals surface area contributed by atoms with Crippen LogP contribution in [0.2, 0.25) is 0 Å². The minimum atomic E-state index is -0.339. The van der Waals surface area contributed by atoms with Gasteiger partial charge in [0.25, 0.3) is 0 Å². The molecule has 0 spiro atoms. The quantitative estimate of drug-likeness (QED) is 0.698. The summed E-state index contributed by atoms with van der Waals surface area (Å²) in [6.45, 7) is 9.33. The van der Waals surface area contributed by atoms with Gasteiger partial charge in [-0.3, -0.25) is 0 Å². The van der Waals surface area contributed by atoms with E-state index >= 15 is 0 Å². The SMILES string of the molecule is C=C(OCC1CC1)C12CCCC1C(C(C)C)=NO2. The van der Waals surface area contributed by atoms with E-state index < -0.39 is 0 Å². The summed E-state index contributed by atoms with van der Waals surface area (Å²) < 4.78 is 5.89. The van der Waals surface area contributed by atoms with Gasteiger partial charge in [0.2, 0.25) is 5.60 Å². The van der Waals surface area contributed by atoms with Crippen molar-refractivity contribution in [2.45, 2.75) is 51.6 Å². The van der Waals surface area contributed by atoms with Gasteiger partial charge in [0.05, 0.1) is 18.2 Å². The van der Waals surface area contributed by atoms with Crippen LogP contribution >= 0.6 is 0 Å². The Morgan fingerprint density at radius 3 is 2.94 bits per heavy atom. The Labute approximate surface area is 109 Å². The van der Waals surface area contributed by atoms with Gasteiger partial charge in [-0.05, 0) is 43.9 Å². The maximum absolute atomic E-state index is 5.89. The van der Waals surface area contributed by atoms with Crippen molar-refractivity contribution < 1.29 is 9.57 Å². The number of ether oxygens (including phenoxy) is 1. The highest BCUT2D eigenvalue weighted by Gasteiger charge is 2.55. The van der Waals surface area contributed by atoms with Crippen LogP contribution in [0, 0.1) is 17.8 Å². The van der Waals surface area contributed by atoms with E-state index in [9.17, 15) is 0 Å². The lowest BCUT2D eigenvalue weighted by molar-refractivity contribution is -0.0457. The van der Waals surface area contributed by atoms with E-state index in [4.69, 9.17) is 9.57 Å². The number of hydrogen-bond acceptors (Lipinski definition) is 3. The lowest BCUT2D eigenvalue weighted by Gasteiger charge is -2.29. The van der Waals surface area contributed by atoms with Gasteiger partial charge >= 0.3 is 0 Å². The first-order valence-corrected chi connectivity index (χ1v) is 7.21. The van der Waals surface area contributed by atoms with Crippen molar-refractivity contribution in [1.29, 1.82) is 0 Å². The van der Waals surface area contributed by atoms with Crippen molar-refractivity contribution in [1.82, 2.24) is 0 Å². The molecule has 3 nitrogen and oxygen atoms in total. The van der Waals surface area contributed by atoms with Gasteiger partial charge in [0.1, 0.15) is 5.76 Å². The lowest BCUT2D eigenvalue weighted by atomic mass is 9.82. The number of oxime groups is 1. The second-order valence-corrected chi connectivity index (χ2v) is 6.27. The van der Waals surface area contributed by atoms with Crippen LogP contribution in [0.4, 0.5) is 0 Å². The summed E-state index contributed by atoms with van der Waals surface area (Å²) in [7, 11) is 0. The zero-order chi connectivity index (χ0) is 12.8. The molecule has 2 saturated carbocycles. The van der Waals surface area contributed by atoms with Gasteiger partial charge in [-0.1, -0.05) is 25.6 Å². The van der Waals surface area contributed by atoms with E-state index in [0.29, 0.717) is 11.8 Å². The zero-order valence-electron chi connectivity index (χ0n) is 11.4. The molecule has 2 fully saturated rings. The maximum Gasteiger partial charge on any atom is 0.201 e. The summed E-state index contributed by atoms with van der Waals surface area (Å²) in [5, 5.41) is 4.33. The molecular weight excluding hydrogens is 226 g/mol. The molecule has 3 rings (SSSR count). The first-order valence-electron chi connectivity index (χ1n) is 7.21. The van der Waals surface area contributed by atoms with Crippen LogP contribution < -0.4 is 0 Å². The molecular formula is C15H23NO2. The molecule has 1 heterocycles. The second-order valence-electron chi connectivity index (χ2n) is 6.27. The maximum atomic E-state index is 5.89. The van der Waals surface area contributed by atoms with Crippen molar-refractivity contribution in [2.75, 3.05) is 6.61 Å². The van der Waals surface area contributed by atoms with E-state index in [1.165, 1.54) is 25.0 Å². The fourth-order valence-electron chi connectivity index (χ4n) is 3.19. The number of nitrogens with zero attached hydrogens (tertiary/aromatic N) is 1. The Morgan fingerprint density at radius 2 is 2.28 bits per heavy atom. The fourth-order valence-corrected chi connectivity index (χ4v) is 3.19. The van der Waals surface area contributed by atoms with E-state index in [1.807, 2.05) is 0 Å². The van der Waals surface area contributed by atoms with Crippen LogP contribution in [0.1, 0.15) is 46.0 Å². The van der Waals surface area contributed by atoms with Crippen molar-refractivity contribution >= 4 is 5.71 Å². The molecule has 2 unspecified atom stereocenters. The van der Waals surface area contributed by atoms with Gasteiger partial charge in [0, 0.05) is 0 Å². The molecule has 0 aromatic carbocycles. The topological polar surface area (TPSA) is 30.8 Å². The van der Waals surface area contributed by atoms with Crippen molar-refractivity contribution in [3.63, 3.8) is 0 Å². The molecule has 0 bridgehead atoms. The average molecular weight is 249 g/mol. The Morgan fingerprint density at radius 1 is 1.50 bits per heavy atom. The van der Waals surface area contributed by atoms with Gasteiger partial charge < -0.3 is 9.57 Å². The first kappa shape index (κ1) is 12.1. The van der Waals surface area contributed by atoms with Crippen LogP contribution in [-0.2, 0) is 9.57 Å².